The quantitative estimate of drug-likeness (QED) is 0.753. The highest BCUT2D eigenvalue weighted by molar-refractivity contribution is 5.79. The molecule has 17 heavy (non-hydrogen) atoms. The largest absolute Gasteiger partial charge is 0.468 e. The number of hydrogen-bond donors (Lipinski definition) is 0. The molecule has 1 saturated heterocycles. The van der Waals surface area contributed by atoms with Gasteiger partial charge in [0.25, 0.3) is 0 Å². The van der Waals surface area contributed by atoms with Crippen LogP contribution in [-0.2, 0) is 14.3 Å². The van der Waals surface area contributed by atoms with Crippen molar-refractivity contribution in [3.8, 4) is 0 Å². The zero-order chi connectivity index (χ0) is 12.3. The van der Waals surface area contributed by atoms with E-state index in [9.17, 15) is 4.79 Å². The molecule has 0 N–H and O–H groups in total. The normalized spacial score (nSPS) is 21.2. The Morgan fingerprint density at radius 2 is 2.12 bits per heavy atom. The number of carbonyl (C=O) groups is 1. The smallest absolute Gasteiger partial charge is 0.315 e. The zero-order valence-corrected chi connectivity index (χ0v) is 10.3. The summed E-state index contributed by atoms with van der Waals surface area (Å²) in [4.78, 5) is 11.9. The Morgan fingerprint density at radius 3 is 2.65 bits per heavy atom. The van der Waals surface area contributed by atoms with Crippen molar-refractivity contribution in [1.82, 2.24) is 0 Å². The first-order valence-electron chi connectivity index (χ1n) is 5.98. The average Bonchev–Trinajstić information content (AvgIpc) is 2.85. The van der Waals surface area contributed by atoms with Crippen LogP contribution >= 0.6 is 0 Å². The third kappa shape index (κ3) is 2.67. The van der Waals surface area contributed by atoms with E-state index in [0.29, 0.717) is 0 Å². The van der Waals surface area contributed by atoms with Crippen LogP contribution in [0, 0.1) is 6.92 Å². The first-order valence-corrected chi connectivity index (χ1v) is 5.98. The summed E-state index contributed by atoms with van der Waals surface area (Å²) in [6.07, 6.45) is 1.91. The van der Waals surface area contributed by atoms with Gasteiger partial charge in [0.1, 0.15) is 5.92 Å². The number of hydrogen-bond acceptors (Lipinski definition) is 3. The number of ether oxygens (including phenoxy) is 2. The molecule has 2 unspecified atom stereocenters. The first-order chi connectivity index (χ1) is 8.22. The molecule has 1 heterocycles. The van der Waals surface area contributed by atoms with Crippen LogP contribution in [0.25, 0.3) is 0 Å². The SMILES string of the molecule is COC(=O)C(c1ccc(C)cc1)C1CCCO1. The minimum atomic E-state index is -0.289. The van der Waals surface area contributed by atoms with Crippen molar-refractivity contribution in [2.45, 2.75) is 31.8 Å². The summed E-state index contributed by atoms with van der Waals surface area (Å²) in [5, 5.41) is 0. The van der Waals surface area contributed by atoms with Crippen molar-refractivity contribution in [3.05, 3.63) is 35.4 Å². The topological polar surface area (TPSA) is 35.5 Å². The minimum Gasteiger partial charge on any atom is -0.468 e. The van der Waals surface area contributed by atoms with Crippen molar-refractivity contribution < 1.29 is 14.3 Å². The van der Waals surface area contributed by atoms with E-state index in [1.54, 1.807) is 0 Å². The van der Waals surface area contributed by atoms with E-state index in [1.807, 2.05) is 31.2 Å². The van der Waals surface area contributed by atoms with Crippen molar-refractivity contribution in [2.75, 3.05) is 13.7 Å². The third-order valence-electron chi connectivity index (χ3n) is 3.23. The van der Waals surface area contributed by atoms with Gasteiger partial charge in [0.15, 0.2) is 0 Å². The van der Waals surface area contributed by atoms with Gasteiger partial charge in [-0.05, 0) is 25.3 Å². The molecule has 3 heteroatoms. The van der Waals surface area contributed by atoms with Gasteiger partial charge in [0.2, 0.25) is 0 Å². The van der Waals surface area contributed by atoms with Gasteiger partial charge >= 0.3 is 5.97 Å². The summed E-state index contributed by atoms with van der Waals surface area (Å²) < 4.78 is 10.5. The molecule has 0 spiro atoms. The van der Waals surface area contributed by atoms with E-state index in [0.717, 1.165) is 25.0 Å². The summed E-state index contributed by atoms with van der Waals surface area (Å²) in [6.45, 7) is 2.77. The monoisotopic (exact) mass is 234 g/mol. The van der Waals surface area contributed by atoms with Crippen LogP contribution in [0.4, 0.5) is 0 Å². The van der Waals surface area contributed by atoms with Crippen LogP contribution in [0.3, 0.4) is 0 Å². The molecule has 3 nitrogen and oxygen atoms in total. The molecule has 1 aromatic carbocycles. The van der Waals surface area contributed by atoms with Crippen LogP contribution in [0.5, 0.6) is 0 Å². The molecule has 2 rings (SSSR count). The number of carbonyl (C=O) groups excluding carboxylic acids is 1. The van der Waals surface area contributed by atoms with Gasteiger partial charge in [-0.1, -0.05) is 29.8 Å². The highest BCUT2D eigenvalue weighted by atomic mass is 16.5. The molecule has 1 aliphatic heterocycles. The lowest BCUT2D eigenvalue weighted by Crippen LogP contribution is -2.26. The molecule has 92 valence electrons. The van der Waals surface area contributed by atoms with Crippen LogP contribution in [0.15, 0.2) is 24.3 Å². The summed E-state index contributed by atoms with van der Waals surface area (Å²) in [6, 6.07) is 8.00. The Bertz CT molecular complexity index is 377. The predicted molar refractivity (Wildman–Crippen MR) is 64.9 cm³/mol. The fourth-order valence-corrected chi connectivity index (χ4v) is 2.27. The maximum absolute atomic E-state index is 11.9. The van der Waals surface area contributed by atoms with E-state index < -0.39 is 0 Å². The first kappa shape index (κ1) is 12.1. The number of methoxy groups -OCH3 is 1. The molecule has 1 aromatic rings. The van der Waals surface area contributed by atoms with E-state index >= 15 is 0 Å². The Balaban J connectivity index is 2.25. The summed E-state index contributed by atoms with van der Waals surface area (Å²) >= 11 is 0. The molecule has 0 aliphatic carbocycles. The summed E-state index contributed by atoms with van der Waals surface area (Å²) in [5.41, 5.74) is 2.17. The molecular formula is C14H18O3. The van der Waals surface area contributed by atoms with E-state index in [2.05, 4.69) is 0 Å². The van der Waals surface area contributed by atoms with Gasteiger partial charge in [-0.25, -0.2) is 0 Å². The molecule has 1 aliphatic rings. The van der Waals surface area contributed by atoms with Crippen molar-refractivity contribution in [3.63, 3.8) is 0 Å². The summed E-state index contributed by atoms with van der Waals surface area (Å²) in [7, 11) is 1.43. The lowest BCUT2D eigenvalue weighted by molar-refractivity contribution is -0.145. The second kappa shape index (κ2) is 5.32. The molecule has 2 atom stereocenters. The fourth-order valence-electron chi connectivity index (χ4n) is 2.27. The number of rotatable bonds is 3. The lowest BCUT2D eigenvalue weighted by atomic mass is 9.91. The van der Waals surface area contributed by atoms with E-state index in [-0.39, 0.29) is 18.0 Å². The van der Waals surface area contributed by atoms with Crippen LogP contribution < -0.4 is 0 Å². The standard InChI is InChI=1S/C14H18O3/c1-10-5-7-11(8-6-10)13(14(15)16-2)12-4-3-9-17-12/h5-8,12-13H,3-4,9H2,1-2H3. The Labute approximate surface area is 102 Å². The number of aryl methyl sites for hydroxylation is 1. The average molecular weight is 234 g/mol. The Morgan fingerprint density at radius 1 is 1.41 bits per heavy atom. The molecule has 0 bridgehead atoms. The highest BCUT2D eigenvalue weighted by Gasteiger charge is 2.33. The van der Waals surface area contributed by atoms with Crippen molar-refractivity contribution in [1.29, 1.82) is 0 Å². The molecule has 0 aromatic heterocycles. The van der Waals surface area contributed by atoms with Crippen LogP contribution in [-0.4, -0.2) is 25.8 Å². The van der Waals surface area contributed by atoms with Crippen molar-refractivity contribution in [2.24, 2.45) is 0 Å². The Hall–Kier alpha value is -1.35. The maximum atomic E-state index is 11.9. The van der Waals surface area contributed by atoms with Gasteiger partial charge < -0.3 is 9.47 Å². The second-order valence-electron chi connectivity index (χ2n) is 4.46. The van der Waals surface area contributed by atoms with Gasteiger partial charge in [-0.15, -0.1) is 0 Å². The molecule has 0 saturated carbocycles. The molecule has 0 radical (unpaired) electrons. The van der Waals surface area contributed by atoms with E-state index in [4.69, 9.17) is 9.47 Å². The minimum absolute atomic E-state index is 0.0369. The van der Waals surface area contributed by atoms with Gasteiger partial charge in [-0.3, -0.25) is 4.79 Å². The number of esters is 1. The molecule has 1 fully saturated rings. The zero-order valence-electron chi connectivity index (χ0n) is 10.3. The third-order valence-corrected chi connectivity index (χ3v) is 3.23. The number of benzene rings is 1. The predicted octanol–water partition coefficient (Wildman–Crippen LogP) is 2.43. The second-order valence-corrected chi connectivity index (χ2v) is 4.46. The van der Waals surface area contributed by atoms with Gasteiger partial charge in [0, 0.05) is 6.61 Å². The van der Waals surface area contributed by atoms with Crippen molar-refractivity contribution >= 4 is 5.97 Å². The highest BCUT2D eigenvalue weighted by Crippen LogP contribution is 2.30. The maximum Gasteiger partial charge on any atom is 0.315 e. The molecule has 0 amide bonds. The van der Waals surface area contributed by atoms with Crippen LogP contribution in [0.1, 0.15) is 29.9 Å². The van der Waals surface area contributed by atoms with E-state index in [1.165, 1.54) is 12.7 Å². The lowest BCUT2D eigenvalue weighted by Gasteiger charge is -2.21. The summed E-state index contributed by atoms with van der Waals surface area (Å²) in [5.74, 6) is -0.496. The van der Waals surface area contributed by atoms with Gasteiger partial charge in [0.05, 0.1) is 13.2 Å². The van der Waals surface area contributed by atoms with Gasteiger partial charge in [-0.2, -0.15) is 0 Å². The fraction of sp³-hybridized carbons (Fsp3) is 0.500. The molecular weight excluding hydrogens is 216 g/mol. The Kier molecular flexibility index (Phi) is 3.79. The van der Waals surface area contributed by atoms with Crippen LogP contribution in [0.2, 0.25) is 0 Å².